The van der Waals surface area contributed by atoms with E-state index in [1.165, 1.54) is 0 Å². The summed E-state index contributed by atoms with van der Waals surface area (Å²) in [7, 11) is 0. The Labute approximate surface area is 150 Å². The van der Waals surface area contributed by atoms with Crippen LogP contribution >= 0.6 is 0 Å². The van der Waals surface area contributed by atoms with Crippen molar-refractivity contribution < 1.29 is 23.2 Å². The quantitative estimate of drug-likeness (QED) is 0.799. The van der Waals surface area contributed by atoms with E-state index in [9.17, 15) is 23.2 Å². The molecule has 1 aliphatic heterocycles. The van der Waals surface area contributed by atoms with Crippen LogP contribution in [0, 0.1) is 17.6 Å². The van der Waals surface area contributed by atoms with Gasteiger partial charge in [-0.1, -0.05) is 19.9 Å². The predicted octanol–water partition coefficient (Wildman–Crippen LogP) is 1.46. The van der Waals surface area contributed by atoms with Crippen molar-refractivity contribution in [2.24, 2.45) is 5.92 Å². The summed E-state index contributed by atoms with van der Waals surface area (Å²) in [6.45, 7) is 4.54. The molecule has 1 aromatic carbocycles. The van der Waals surface area contributed by atoms with Gasteiger partial charge in [0.2, 0.25) is 11.8 Å². The van der Waals surface area contributed by atoms with Crippen LogP contribution in [0.2, 0.25) is 0 Å². The van der Waals surface area contributed by atoms with Gasteiger partial charge in [-0.15, -0.1) is 0 Å². The minimum Gasteiger partial charge on any atom is -0.345 e. The van der Waals surface area contributed by atoms with Crippen LogP contribution in [0.4, 0.5) is 8.78 Å². The van der Waals surface area contributed by atoms with Crippen molar-refractivity contribution in [3.05, 3.63) is 35.4 Å². The van der Waals surface area contributed by atoms with Gasteiger partial charge in [-0.05, 0) is 30.9 Å². The van der Waals surface area contributed by atoms with Crippen LogP contribution in [0.1, 0.15) is 37.0 Å². The van der Waals surface area contributed by atoms with Crippen molar-refractivity contribution in [3.8, 4) is 0 Å². The number of likely N-dealkylation sites (tertiary alicyclic amines) is 1. The molecule has 142 valence electrons. The Balaban J connectivity index is 2.00. The molecule has 0 aromatic heterocycles. The van der Waals surface area contributed by atoms with Crippen molar-refractivity contribution >= 4 is 17.7 Å². The minimum absolute atomic E-state index is 0.175. The van der Waals surface area contributed by atoms with Crippen LogP contribution in [0.15, 0.2) is 18.2 Å². The Kier molecular flexibility index (Phi) is 6.65. The van der Waals surface area contributed by atoms with Crippen molar-refractivity contribution in [1.29, 1.82) is 0 Å². The predicted molar refractivity (Wildman–Crippen MR) is 91.3 cm³/mol. The molecule has 26 heavy (non-hydrogen) atoms. The Morgan fingerprint density at radius 1 is 1.12 bits per heavy atom. The molecule has 1 heterocycles. The molecule has 1 unspecified atom stereocenters. The van der Waals surface area contributed by atoms with E-state index in [0.29, 0.717) is 13.1 Å². The zero-order valence-electron chi connectivity index (χ0n) is 14.9. The molecule has 1 aliphatic rings. The van der Waals surface area contributed by atoms with Crippen LogP contribution in [-0.2, 0) is 9.59 Å². The van der Waals surface area contributed by atoms with Crippen molar-refractivity contribution in [2.75, 3.05) is 19.6 Å². The summed E-state index contributed by atoms with van der Waals surface area (Å²) in [5.74, 6) is -4.12. The lowest BCUT2D eigenvalue weighted by Crippen LogP contribution is -2.51. The van der Waals surface area contributed by atoms with E-state index in [2.05, 4.69) is 10.6 Å². The number of carbonyl (C=O) groups is 3. The average Bonchev–Trinajstić information content (AvgIpc) is 3.11. The molecule has 0 saturated carbocycles. The monoisotopic (exact) mass is 367 g/mol. The molecule has 0 radical (unpaired) electrons. The first-order chi connectivity index (χ1) is 12.3. The topological polar surface area (TPSA) is 78.5 Å². The number of hydrogen-bond donors (Lipinski definition) is 2. The van der Waals surface area contributed by atoms with E-state index in [4.69, 9.17) is 0 Å². The van der Waals surface area contributed by atoms with Gasteiger partial charge < -0.3 is 15.5 Å². The molecule has 1 saturated heterocycles. The number of nitrogens with one attached hydrogen (secondary N) is 2. The van der Waals surface area contributed by atoms with E-state index in [1.54, 1.807) is 18.7 Å². The molecule has 0 aliphatic carbocycles. The van der Waals surface area contributed by atoms with Crippen LogP contribution in [0.3, 0.4) is 0 Å². The summed E-state index contributed by atoms with van der Waals surface area (Å²) in [6, 6.07) is 2.07. The second-order valence-corrected chi connectivity index (χ2v) is 6.60. The largest absolute Gasteiger partial charge is 0.345 e. The van der Waals surface area contributed by atoms with Crippen molar-refractivity contribution in [2.45, 2.75) is 32.7 Å². The van der Waals surface area contributed by atoms with Gasteiger partial charge in [0.05, 0.1) is 6.54 Å². The van der Waals surface area contributed by atoms with E-state index in [1.807, 2.05) is 0 Å². The lowest BCUT2D eigenvalue weighted by atomic mass is 10.0. The lowest BCUT2D eigenvalue weighted by molar-refractivity contribution is -0.132. The first-order valence-corrected chi connectivity index (χ1v) is 8.61. The highest BCUT2D eigenvalue weighted by Crippen LogP contribution is 2.13. The Morgan fingerprint density at radius 2 is 1.69 bits per heavy atom. The van der Waals surface area contributed by atoms with Gasteiger partial charge in [0, 0.05) is 13.1 Å². The third-order valence-electron chi connectivity index (χ3n) is 4.30. The van der Waals surface area contributed by atoms with Gasteiger partial charge in [0.25, 0.3) is 5.91 Å². The fourth-order valence-corrected chi connectivity index (χ4v) is 2.81. The van der Waals surface area contributed by atoms with Crippen LogP contribution in [0.25, 0.3) is 0 Å². The van der Waals surface area contributed by atoms with Crippen molar-refractivity contribution in [3.63, 3.8) is 0 Å². The number of halogens is 2. The summed E-state index contributed by atoms with van der Waals surface area (Å²) in [5, 5.41) is 4.85. The van der Waals surface area contributed by atoms with Crippen LogP contribution < -0.4 is 10.6 Å². The molecule has 0 spiro atoms. The normalized spacial score (nSPS) is 15.0. The zero-order valence-corrected chi connectivity index (χ0v) is 14.9. The van der Waals surface area contributed by atoms with Gasteiger partial charge in [-0.25, -0.2) is 8.78 Å². The molecule has 2 rings (SSSR count). The highest BCUT2D eigenvalue weighted by atomic mass is 19.1. The highest BCUT2D eigenvalue weighted by Gasteiger charge is 2.28. The first kappa shape index (κ1) is 19.8. The summed E-state index contributed by atoms with van der Waals surface area (Å²) in [6.07, 6.45) is 1.89. The van der Waals surface area contributed by atoms with Gasteiger partial charge in [-0.2, -0.15) is 0 Å². The number of rotatable bonds is 6. The zero-order chi connectivity index (χ0) is 19.3. The van der Waals surface area contributed by atoms with Crippen LogP contribution in [0.5, 0.6) is 0 Å². The van der Waals surface area contributed by atoms with Gasteiger partial charge in [0.15, 0.2) is 0 Å². The number of nitrogens with zero attached hydrogens (tertiary/aromatic N) is 1. The van der Waals surface area contributed by atoms with E-state index in [0.717, 1.165) is 31.0 Å². The Morgan fingerprint density at radius 3 is 2.23 bits per heavy atom. The molecule has 1 atom stereocenters. The number of benzene rings is 1. The maximum Gasteiger partial charge on any atom is 0.257 e. The van der Waals surface area contributed by atoms with E-state index < -0.39 is 35.1 Å². The molecule has 1 aromatic rings. The van der Waals surface area contributed by atoms with Gasteiger partial charge in [0.1, 0.15) is 23.2 Å². The van der Waals surface area contributed by atoms with Crippen LogP contribution in [-0.4, -0.2) is 48.3 Å². The molecule has 2 N–H and O–H groups in total. The molecular formula is C18H23F2N3O3. The summed E-state index contributed by atoms with van der Waals surface area (Å²) in [4.78, 5) is 38.2. The van der Waals surface area contributed by atoms with Crippen molar-refractivity contribution in [1.82, 2.24) is 15.5 Å². The van der Waals surface area contributed by atoms with Gasteiger partial charge >= 0.3 is 0 Å². The number of carbonyl (C=O) groups excluding carboxylic acids is 3. The standard InChI is InChI=1S/C18H23F2N3O3/c1-11(2)16(18(26)21-10-14(24)23-8-3-4-9-23)22-17(25)15-12(19)6-5-7-13(15)20/h5-7,11,16H,3-4,8-10H2,1-2H3,(H,21,26)(H,22,25). The molecule has 3 amide bonds. The molecule has 6 nitrogen and oxygen atoms in total. The fourth-order valence-electron chi connectivity index (χ4n) is 2.81. The van der Waals surface area contributed by atoms with E-state index in [-0.39, 0.29) is 18.4 Å². The Bertz CT molecular complexity index is 668. The second-order valence-electron chi connectivity index (χ2n) is 6.60. The summed E-state index contributed by atoms with van der Waals surface area (Å²) < 4.78 is 27.5. The van der Waals surface area contributed by atoms with E-state index >= 15 is 0 Å². The highest BCUT2D eigenvalue weighted by molar-refractivity contribution is 5.98. The SMILES string of the molecule is CC(C)C(NC(=O)c1c(F)cccc1F)C(=O)NCC(=O)N1CCCC1. The third-order valence-corrected chi connectivity index (χ3v) is 4.30. The second kappa shape index (κ2) is 8.73. The number of amides is 3. The average molecular weight is 367 g/mol. The molecular weight excluding hydrogens is 344 g/mol. The van der Waals surface area contributed by atoms with Gasteiger partial charge in [-0.3, -0.25) is 14.4 Å². The number of hydrogen-bond acceptors (Lipinski definition) is 3. The maximum absolute atomic E-state index is 13.7. The fraction of sp³-hybridized carbons (Fsp3) is 0.500. The smallest absolute Gasteiger partial charge is 0.257 e. The molecule has 1 fully saturated rings. The lowest BCUT2D eigenvalue weighted by Gasteiger charge is -2.23. The third kappa shape index (κ3) is 4.77. The Hall–Kier alpha value is -2.51. The summed E-state index contributed by atoms with van der Waals surface area (Å²) in [5.41, 5.74) is -0.737. The minimum atomic E-state index is -1.02. The summed E-state index contributed by atoms with van der Waals surface area (Å²) >= 11 is 0. The first-order valence-electron chi connectivity index (χ1n) is 8.61. The molecule has 0 bridgehead atoms. The maximum atomic E-state index is 13.7. The molecule has 8 heteroatoms.